The lowest BCUT2D eigenvalue weighted by atomic mass is 10.3. The van der Waals surface area contributed by atoms with Gasteiger partial charge in [-0.1, -0.05) is 0 Å². The molecule has 0 saturated heterocycles. The fraction of sp³-hybridized carbons (Fsp3) is 0.250. The largest absolute Gasteiger partial charge is 0.356 e. The number of hydrogen-bond acceptors (Lipinski definition) is 3. The van der Waals surface area contributed by atoms with E-state index < -0.39 is 0 Å². The molecule has 0 unspecified atom stereocenters. The summed E-state index contributed by atoms with van der Waals surface area (Å²) >= 11 is 0. The van der Waals surface area contributed by atoms with Crippen LogP contribution in [-0.4, -0.2) is 27.2 Å². The number of amides is 1. The number of rotatable bonds is 4. The molecule has 0 fully saturated rings. The molecule has 1 amide bonds. The lowest BCUT2D eigenvalue weighted by Gasteiger charge is -2.03. The molecule has 2 N–H and O–H groups in total. The van der Waals surface area contributed by atoms with E-state index in [4.69, 9.17) is 5.26 Å². The molecule has 2 rings (SSSR count). The van der Waals surface area contributed by atoms with Crippen LogP contribution in [0.1, 0.15) is 21.7 Å². The van der Waals surface area contributed by atoms with Crippen molar-refractivity contribution in [2.75, 3.05) is 6.54 Å². The number of nitrogens with zero attached hydrogens (tertiary/aromatic N) is 3. The van der Waals surface area contributed by atoms with E-state index in [2.05, 4.69) is 15.4 Å². The molecule has 0 atom stereocenters. The molecule has 2 heterocycles. The van der Waals surface area contributed by atoms with Crippen LogP contribution < -0.4 is 5.32 Å². The molecule has 0 aliphatic carbocycles. The van der Waals surface area contributed by atoms with Crippen molar-refractivity contribution >= 4 is 5.91 Å². The molecule has 6 nitrogen and oxygen atoms in total. The Bertz CT molecular complexity index is 590. The highest BCUT2D eigenvalue weighted by Crippen LogP contribution is 2.01. The Morgan fingerprint density at radius 3 is 3.11 bits per heavy atom. The summed E-state index contributed by atoms with van der Waals surface area (Å²) in [7, 11) is 0. The van der Waals surface area contributed by atoms with E-state index >= 15 is 0 Å². The summed E-state index contributed by atoms with van der Waals surface area (Å²) in [6.45, 7) is 3.02. The Morgan fingerprint density at radius 1 is 1.67 bits per heavy atom. The maximum atomic E-state index is 11.7. The lowest BCUT2D eigenvalue weighted by molar-refractivity contribution is 0.0947. The summed E-state index contributed by atoms with van der Waals surface area (Å²) in [5, 5.41) is 15.6. The molecule has 0 aliphatic heterocycles. The van der Waals surface area contributed by atoms with Gasteiger partial charge in [0, 0.05) is 18.9 Å². The highest BCUT2D eigenvalue weighted by molar-refractivity contribution is 5.92. The number of hydrogen-bond donors (Lipinski definition) is 2. The smallest absolute Gasteiger partial charge is 0.267 e. The van der Waals surface area contributed by atoms with Gasteiger partial charge < -0.3 is 10.3 Å². The van der Waals surface area contributed by atoms with Crippen molar-refractivity contribution < 1.29 is 4.79 Å². The van der Waals surface area contributed by atoms with Gasteiger partial charge in [-0.25, -0.2) is 0 Å². The third-order valence-electron chi connectivity index (χ3n) is 2.46. The van der Waals surface area contributed by atoms with Crippen LogP contribution in [0.4, 0.5) is 0 Å². The molecular weight excluding hydrogens is 230 g/mol. The van der Waals surface area contributed by atoms with Gasteiger partial charge in [-0.3, -0.25) is 9.48 Å². The van der Waals surface area contributed by atoms with E-state index in [0.29, 0.717) is 24.3 Å². The number of carbonyl (C=O) groups excluding carboxylic acids is 1. The van der Waals surface area contributed by atoms with Crippen molar-refractivity contribution in [2.45, 2.75) is 13.5 Å². The van der Waals surface area contributed by atoms with E-state index in [9.17, 15) is 4.79 Å². The molecule has 0 radical (unpaired) electrons. The van der Waals surface area contributed by atoms with Crippen LogP contribution in [0, 0.1) is 18.3 Å². The SMILES string of the molecule is Cc1ccn(CCNC(=O)c2cc(C#N)c[nH]2)n1. The van der Waals surface area contributed by atoms with E-state index in [1.807, 2.05) is 25.3 Å². The topological polar surface area (TPSA) is 86.5 Å². The summed E-state index contributed by atoms with van der Waals surface area (Å²) in [5.74, 6) is -0.222. The van der Waals surface area contributed by atoms with Gasteiger partial charge in [-0.2, -0.15) is 10.4 Å². The summed E-state index contributed by atoms with van der Waals surface area (Å²) in [6, 6.07) is 5.39. The molecule has 18 heavy (non-hydrogen) atoms. The van der Waals surface area contributed by atoms with Crippen LogP contribution >= 0.6 is 0 Å². The predicted molar refractivity (Wildman–Crippen MR) is 64.8 cm³/mol. The van der Waals surface area contributed by atoms with Crippen LogP contribution in [0.3, 0.4) is 0 Å². The van der Waals surface area contributed by atoms with Crippen molar-refractivity contribution in [3.63, 3.8) is 0 Å². The Morgan fingerprint density at radius 2 is 2.50 bits per heavy atom. The van der Waals surface area contributed by atoms with E-state index in [-0.39, 0.29) is 5.91 Å². The van der Waals surface area contributed by atoms with Crippen LogP contribution in [0.2, 0.25) is 0 Å². The van der Waals surface area contributed by atoms with Gasteiger partial charge in [0.05, 0.1) is 17.8 Å². The van der Waals surface area contributed by atoms with Crippen molar-refractivity contribution in [3.8, 4) is 6.07 Å². The second-order valence-corrected chi connectivity index (χ2v) is 3.89. The first-order chi connectivity index (χ1) is 8.69. The second kappa shape index (κ2) is 5.19. The summed E-state index contributed by atoms with van der Waals surface area (Å²) in [4.78, 5) is 14.4. The molecule has 2 aromatic heterocycles. The number of aromatic nitrogens is 3. The Kier molecular flexibility index (Phi) is 3.44. The zero-order valence-corrected chi connectivity index (χ0v) is 9.97. The van der Waals surface area contributed by atoms with E-state index in [0.717, 1.165) is 5.69 Å². The van der Waals surface area contributed by atoms with Crippen LogP contribution in [0.25, 0.3) is 0 Å². The minimum Gasteiger partial charge on any atom is -0.356 e. The standard InChI is InChI=1S/C12H13N5O/c1-9-2-4-17(16-9)5-3-14-12(18)11-6-10(7-13)8-15-11/h2,4,6,8,15H,3,5H2,1H3,(H,14,18). The number of aryl methyl sites for hydroxylation is 1. The van der Waals surface area contributed by atoms with Gasteiger partial charge in [0.15, 0.2) is 0 Å². The normalized spacial score (nSPS) is 10.0. The highest BCUT2D eigenvalue weighted by atomic mass is 16.1. The molecule has 0 saturated carbocycles. The third-order valence-corrected chi connectivity index (χ3v) is 2.46. The van der Waals surface area contributed by atoms with Crippen LogP contribution in [0.15, 0.2) is 24.5 Å². The quantitative estimate of drug-likeness (QED) is 0.833. The molecule has 0 spiro atoms. The van der Waals surface area contributed by atoms with E-state index in [1.54, 1.807) is 4.68 Å². The first-order valence-corrected chi connectivity index (χ1v) is 5.56. The van der Waals surface area contributed by atoms with E-state index in [1.165, 1.54) is 12.3 Å². The predicted octanol–water partition coefficient (Wildman–Crippen LogP) is 0.821. The van der Waals surface area contributed by atoms with Crippen molar-refractivity contribution in [3.05, 3.63) is 41.5 Å². The molecule has 0 aromatic carbocycles. The second-order valence-electron chi connectivity index (χ2n) is 3.89. The van der Waals surface area contributed by atoms with Crippen molar-refractivity contribution in [2.24, 2.45) is 0 Å². The lowest BCUT2D eigenvalue weighted by Crippen LogP contribution is -2.27. The molecule has 92 valence electrons. The third kappa shape index (κ3) is 2.77. The fourth-order valence-electron chi connectivity index (χ4n) is 1.56. The maximum absolute atomic E-state index is 11.7. The van der Waals surface area contributed by atoms with Gasteiger partial charge in [0.25, 0.3) is 5.91 Å². The van der Waals surface area contributed by atoms with Gasteiger partial charge >= 0.3 is 0 Å². The van der Waals surface area contributed by atoms with Crippen molar-refractivity contribution in [1.29, 1.82) is 5.26 Å². The van der Waals surface area contributed by atoms with Crippen LogP contribution in [0.5, 0.6) is 0 Å². The Labute approximate surface area is 104 Å². The zero-order valence-electron chi connectivity index (χ0n) is 9.97. The average Bonchev–Trinajstić information content (AvgIpc) is 2.98. The monoisotopic (exact) mass is 243 g/mol. The molecule has 0 bridgehead atoms. The zero-order chi connectivity index (χ0) is 13.0. The first kappa shape index (κ1) is 11.9. The summed E-state index contributed by atoms with van der Waals surface area (Å²) in [5.41, 5.74) is 1.79. The van der Waals surface area contributed by atoms with Gasteiger partial charge in [0.1, 0.15) is 11.8 Å². The number of nitriles is 1. The fourth-order valence-corrected chi connectivity index (χ4v) is 1.56. The average molecular weight is 243 g/mol. The van der Waals surface area contributed by atoms with Crippen molar-refractivity contribution in [1.82, 2.24) is 20.1 Å². The molecule has 6 heteroatoms. The maximum Gasteiger partial charge on any atom is 0.267 e. The minimum absolute atomic E-state index is 0.222. The number of H-pyrrole nitrogens is 1. The summed E-state index contributed by atoms with van der Waals surface area (Å²) < 4.78 is 1.77. The van der Waals surface area contributed by atoms with Crippen LogP contribution in [-0.2, 0) is 6.54 Å². The highest BCUT2D eigenvalue weighted by Gasteiger charge is 2.07. The number of nitrogens with one attached hydrogen (secondary N) is 2. The minimum atomic E-state index is -0.222. The number of carbonyl (C=O) groups is 1. The van der Waals surface area contributed by atoms with Gasteiger partial charge in [0.2, 0.25) is 0 Å². The molecule has 2 aromatic rings. The molecular formula is C12H13N5O. The summed E-state index contributed by atoms with van der Waals surface area (Å²) in [6.07, 6.45) is 3.37. The van der Waals surface area contributed by atoms with Gasteiger partial charge in [-0.05, 0) is 19.1 Å². The first-order valence-electron chi connectivity index (χ1n) is 5.56. The Balaban J connectivity index is 1.83. The number of aromatic amines is 1. The Hall–Kier alpha value is -2.55. The van der Waals surface area contributed by atoms with Gasteiger partial charge in [-0.15, -0.1) is 0 Å². The molecule has 0 aliphatic rings.